The number of carboxylic acid groups (broad SMARTS) is 1. The lowest BCUT2D eigenvalue weighted by molar-refractivity contribution is -0.139. The number of aliphatic carboxylic acids is 1. The molecule has 0 fully saturated rings. The molecule has 1 aliphatic carbocycles. The van der Waals surface area contributed by atoms with Crippen molar-refractivity contribution in [1.82, 2.24) is 10.6 Å². The standard InChI is InChI=1S/C30H32N2O6/c1-30(2,3)38-28(35)31-17-20-14-12-19(13-15-20)16-26(27(33)34)32-29(36)37-18-25-23-10-6-4-8-21(23)22-9-5-7-11-24(22)25/h4-15,25-26H,16-18H2,1-3H3,(H,31,35)(H,32,36)(H,33,34)/t26-/m1/s1. The third-order valence-corrected chi connectivity index (χ3v) is 6.23. The second kappa shape index (κ2) is 11.4. The Balaban J connectivity index is 1.31. The first-order chi connectivity index (χ1) is 18.1. The number of amides is 2. The van der Waals surface area contributed by atoms with Gasteiger partial charge in [-0.15, -0.1) is 0 Å². The normalized spacial score (nSPS) is 13.1. The summed E-state index contributed by atoms with van der Waals surface area (Å²) in [6, 6.07) is 22.0. The highest BCUT2D eigenvalue weighted by molar-refractivity contribution is 5.81. The molecule has 0 aliphatic heterocycles. The number of fused-ring (bicyclic) bond motifs is 3. The fraction of sp³-hybridized carbons (Fsp3) is 0.300. The fourth-order valence-corrected chi connectivity index (χ4v) is 4.50. The average molecular weight is 517 g/mol. The number of nitrogens with one attached hydrogen (secondary N) is 2. The van der Waals surface area contributed by atoms with Gasteiger partial charge in [-0.1, -0.05) is 72.8 Å². The Bertz CT molecular complexity index is 1270. The monoisotopic (exact) mass is 516 g/mol. The van der Waals surface area contributed by atoms with Crippen molar-refractivity contribution in [3.05, 3.63) is 95.1 Å². The first kappa shape index (κ1) is 26.7. The first-order valence-corrected chi connectivity index (χ1v) is 12.5. The smallest absolute Gasteiger partial charge is 0.407 e. The topological polar surface area (TPSA) is 114 Å². The first-order valence-electron chi connectivity index (χ1n) is 12.5. The van der Waals surface area contributed by atoms with Crippen LogP contribution in [0.4, 0.5) is 9.59 Å². The van der Waals surface area contributed by atoms with E-state index in [4.69, 9.17) is 9.47 Å². The summed E-state index contributed by atoms with van der Waals surface area (Å²) in [5, 5.41) is 14.8. The number of carbonyl (C=O) groups is 3. The summed E-state index contributed by atoms with van der Waals surface area (Å²) in [7, 11) is 0. The van der Waals surface area contributed by atoms with E-state index in [1.165, 1.54) is 0 Å². The molecule has 2 amide bonds. The van der Waals surface area contributed by atoms with Crippen LogP contribution in [0.1, 0.15) is 48.9 Å². The third kappa shape index (κ3) is 6.70. The van der Waals surface area contributed by atoms with Gasteiger partial charge in [0, 0.05) is 18.9 Å². The van der Waals surface area contributed by atoms with Gasteiger partial charge in [0.1, 0.15) is 18.2 Å². The zero-order chi connectivity index (χ0) is 27.3. The number of hydrogen-bond acceptors (Lipinski definition) is 5. The number of hydrogen-bond donors (Lipinski definition) is 3. The number of ether oxygens (including phenoxy) is 2. The summed E-state index contributed by atoms with van der Waals surface area (Å²) in [6.07, 6.45) is -1.21. The molecule has 8 nitrogen and oxygen atoms in total. The van der Waals surface area contributed by atoms with E-state index in [0.29, 0.717) is 0 Å². The molecule has 0 unspecified atom stereocenters. The lowest BCUT2D eigenvalue weighted by atomic mass is 9.98. The summed E-state index contributed by atoms with van der Waals surface area (Å²) in [5.74, 6) is -1.27. The molecule has 3 N–H and O–H groups in total. The van der Waals surface area contributed by atoms with E-state index in [0.717, 1.165) is 33.4 Å². The minimum absolute atomic E-state index is 0.0826. The van der Waals surface area contributed by atoms with Gasteiger partial charge in [-0.3, -0.25) is 0 Å². The molecule has 0 radical (unpaired) electrons. The molecule has 0 saturated carbocycles. The summed E-state index contributed by atoms with van der Waals surface area (Å²) >= 11 is 0. The fourth-order valence-electron chi connectivity index (χ4n) is 4.50. The zero-order valence-electron chi connectivity index (χ0n) is 21.7. The highest BCUT2D eigenvalue weighted by Gasteiger charge is 2.29. The molecule has 1 aliphatic rings. The molecule has 8 heteroatoms. The van der Waals surface area contributed by atoms with E-state index < -0.39 is 29.8 Å². The van der Waals surface area contributed by atoms with Crippen LogP contribution < -0.4 is 10.6 Å². The summed E-state index contributed by atoms with van der Waals surface area (Å²) < 4.78 is 10.7. The molecule has 3 aromatic rings. The highest BCUT2D eigenvalue weighted by atomic mass is 16.6. The molecule has 198 valence electrons. The molecular formula is C30H32N2O6. The lowest BCUT2D eigenvalue weighted by Gasteiger charge is -2.19. The van der Waals surface area contributed by atoms with Crippen LogP contribution in [0.15, 0.2) is 72.8 Å². The van der Waals surface area contributed by atoms with Crippen molar-refractivity contribution in [1.29, 1.82) is 0 Å². The maximum Gasteiger partial charge on any atom is 0.407 e. The van der Waals surface area contributed by atoms with Crippen LogP contribution in [0.5, 0.6) is 0 Å². The van der Waals surface area contributed by atoms with Crippen LogP contribution in [-0.4, -0.2) is 41.5 Å². The van der Waals surface area contributed by atoms with Gasteiger partial charge in [-0.05, 0) is 54.2 Å². The minimum Gasteiger partial charge on any atom is -0.480 e. The van der Waals surface area contributed by atoms with Crippen LogP contribution in [0.3, 0.4) is 0 Å². The summed E-state index contributed by atoms with van der Waals surface area (Å²) in [5.41, 5.74) is 5.36. The molecule has 4 rings (SSSR count). The van der Waals surface area contributed by atoms with Gasteiger partial charge in [0.25, 0.3) is 0 Å². The minimum atomic E-state index is -1.16. The number of carboxylic acids is 1. The Morgan fingerprint density at radius 2 is 1.39 bits per heavy atom. The molecular weight excluding hydrogens is 484 g/mol. The molecule has 0 bridgehead atoms. The Hall–Kier alpha value is -4.33. The lowest BCUT2D eigenvalue weighted by Crippen LogP contribution is -2.42. The van der Waals surface area contributed by atoms with E-state index in [1.807, 2.05) is 48.5 Å². The van der Waals surface area contributed by atoms with Gasteiger partial charge in [0.15, 0.2) is 0 Å². The van der Waals surface area contributed by atoms with Gasteiger partial charge in [-0.25, -0.2) is 14.4 Å². The van der Waals surface area contributed by atoms with Crippen LogP contribution in [0, 0.1) is 0 Å². The van der Waals surface area contributed by atoms with E-state index >= 15 is 0 Å². The van der Waals surface area contributed by atoms with E-state index in [-0.39, 0.29) is 25.5 Å². The van der Waals surface area contributed by atoms with Crippen LogP contribution in [0.2, 0.25) is 0 Å². The molecule has 0 heterocycles. The number of alkyl carbamates (subject to hydrolysis) is 2. The molecule has 0 spiro atoms. The maximum atomic E-state index is 12.6. The van der Waals surface area contributed by atoms with Crippen molar-refractivity contribution < 1.29 is 29.0 Å². The van der Waals surface area contributed by atoms with Gasteiger partial charge in [-0.2, -0.15) is 0 Å². The van der Waals surface area contributed by atoms with Crippen LogP contribution >= 0.6 is 0 Å². The average Bonchev–Trinajstić information content (AvgIpc) is 3.19. The van der Waals surface area contributed by atoms with E-state index in [1.54, 1.807) is 45.0 Å². The summed E-state index contributed by atoms with van der Waals surface area (Å²) in [4.78, 5) is 36.3. The summed E-state index contributed by atoms with van der Waals surface area (Å²) in [6.45, 7) is 5.74. The third-order valence-electron chi connectivity index (χ3n) is 6.23. The maximum absolute atomic E-state index is 12.6. The number of carbonyl (C=O) groups excluding carboxylic acids is 2. The van der Waals surface area contributed by atoms with E-state index in [2.05, 4.69) is 10.6 Å². The Morgan fingerprint density at radius 3 is 1.95 bits per heavy atom. The van der Waals surface area contributed by atoms with Gasteiger partial charge in [0.05, 0.1) is 0 Å². The largest absolute Gasteiger partial charge is 0.480 e. The molecule has 0 saturated heterocycles. The molecule has 1 atom stereocenters. The van der Waals surface area contributed by atoms with Crippen molar-refractivity contribution >= 4 is 18.2 Å². The Labute approximate surface area is 222 Å². The predicted molar refractivity (Wildman–Crippen MR) is 143 cm³/mol. The molecule has 38 heavy (non-hydrogen) atoms. The van der Waals surface area contributed by atoms with Crippen molar-refractivity contribution in [2.24, 2.45) is 0 Å². The highest BCUT2D eigenvalue weighted by Crippen LogP contribution is 2.44. The van der Waals surface area contributed by atoms with Crippen molar-refractivity contribution in [2.75, 3.05) is 6.61 Å². The van der Waals surface area contributed by atoms with Gasteiger partial charge >= 0.3 is 18.2 Å². The second-order valence-corrected chi connectivity index (χ2v) is 10.2. The Kier molecular flexibility index (Phi) is 8.00. The SMILES string of the molecule is CC(C)(C)OC(=O)NCc1ccc(C[C@@H](NC(=O)OCC2c3ccccc3-c3ccccc32)C(=O)O)cc1. The zero-order valence-corrected chi connectivity index (χ0v) is 21.7. The van der Waals surface area contributed by atoms with Crippen molar-refractivity contribution in [3.8, 4) is 11.1 Å². The Morgan fingerprint density at radius 1 is 0.842 bits per heavy atom. The van der Waals surface area contributed by atoms with Crippen molar-refractivity contribution in [2.45, 2.75) is 51.3 Å². The van der Waals surface area contributed by atoms with Crippen LogP contribution in [-0.2, 0) is 27.2 Å². The second-order valence-electron chi connectivity index (χ2n) is 10.2. The molecule has 3 aromatic carbocycles. The molecule has 0 aromatic heterocycles. The van der Waals surface area contributed by atoms with Gasteiger partial charge < -0.3 is 25.2 Å². The van der Waals surface area contributed by atoms with Gasteiger partial charge in [0.2, 0.25) is 0 Å². The number of benzene rings is 3. The van der Waals surface area contributed by atoms with Crippen molar-refractivity contribution in [3.63, 3.8) is 0 Å². The number of rotatable bonds is 8. The van der Waals surface area contributed by atoms with Crippen LogP contribution in [0.25, 0.3) is 11.1 Å². The van der Waals surface area contributed by atoms with E-state index in [9.17, 15) is 19.5 Å². The quantitative estimate of drug-likeness (QED) is 0.377. The predicted octanol–water partition coefficient (Wildman–Crippen LogP) is 5.25.